The van der Waals surface area contributed by atoms with Crippen LogP contribution in [0.15, 0.2) is 16.6 Å². The van der Waals surface area contributed by atoms with Gasteiger partial charge in [0.05, 0.1) is 10.2 Å². The van der Waals surface area contributed by atoms with E-state index in [0.29, 0.717) is 35.8 Å². The van der Waals surface area contributed by atoms with Crippen LogP contribution in [0, 0.1) is 11.2 Å². The molecule has 1 fully saturated rings. The fourth-order valence-electron chi connectivity index (χ4n) is 1.87. The van der Waals surface area contributed by atoms with Crippen molar-refractivity contribution in [2.45, 2.75) is 0 Å². The van der Waals surface area contributed by atoms with Gasteiger partial charge < -0.3 is 10.6 Å². The summed E-state index contributed by atoms with van der Waals surface area (Å²) >= 11 is 3.13. The van der Waals surface area contributed by atoms with Gasteiger partial charge in [-0.15, -0.1) is 0 Å². The van der Waals surface area contributed by atoms with Crippen LogP contribution < -0.4 is 10.6 Å². The van der Waals surface area contributed by atoms with Gasteiger partial charge in [-0.1, -0.05) is 0 Å². The molecule has 0 spiro atoms. The first-order valence-corrected chi connectivity index (χ1v) is 7.71. The van der Waals surface area contributed by atoms with Crippen LogP contribution in [0.5, 0.6) is 0 Å². The summed E-state index contributed by atoms with van der Waals surface area (Å²) in [5.41, 5.74) is 6.17. The molecule has 0 saturated carbocycles. The SMILES string of the molecule is N=C(N)c1ccc(N2CCS(=O)CC2)c(F)c1Br. The van der Waals surface area contributed by atoms with E-state index in [1.54, 1.807) is 12.1 Å². The number of nitrogens with one attached hydrogen (secondary N) is 1. The van der Waals surface area contributed by atoms with Crippen LogP contribution in [0.2, 0.25) is 0 Å². The van der Waals surface area contributed by atoms with E-state index in [1.165, 1.54) is 0 Å². The van der Waals surface area contributed by atoms with E-state index in [0.717, 1.165) is 0 Å². The van der Waals surface area contributed by atoms with E-state index in [-0.39, 0.29) is 10.3 Å². The number of nitrogens with zero attached hydrogens (tertiary/aromatic N) is 1. The third kappa shape index (κ3) is 2.56. The first-order chi connectivity index (χ1) is 8.50. The fraction of sp³-hybridized carbons (Fsp3) is 0.364. The molecule has 1 aliphatic rings. The summed E-state index contributed by atoms with van der Waals surface area (Å²) in [6.07, 6.45) is 0. The Morgan fingerprint density at radius 2 is 2.06 bits per heavy atom. The molecule has 98 valence electrons. The number of hydrogen-bond acceptors (Lipinski definition) is 3. The quantitative estimate of drug-likeness (QED) is 0.635. The second-order valence-electron chi connectivity index (χ2n) is 4.01. The minimum atomic E-state index is -0.788. The van der Waals surface area contributed by atoms with Gasteiger partial charge in [-0.2, -0.15) is 0 Å². The van der Waals surface area contributed by atoms with Gasteiger partial charge in [0.15, 0.2) is 5.82 Å². The second-order valence-corrected chi connectivity index (χ2v) is 6.50. The average molecular weight is 334 g/mol. The molecular formula is C11H13BrFN3OS. The molecule has 1 heterocycles. The summed E-state index contributed by atoms with van der Waals surface area (Å²) in [5, 5.41) is 7.34. The number of rotatable bonds is 2. The average Bonchev–Trinajstić information content (AvgIpc) is 2.33. The maximum absolute atomic E-state index is 14.2. The van der Waals surface area contributed by atoms with E-state index in [9.17, 15) is 8.60 Å². The van der Waals surface area contributed by atoms with Crippen molar-refractivity contribution in [3.8, 4) is 0 Å². The molecule has 18 heavy (non-hydrogen) atoms. The van der Waals surface area contributed by atoms with E-state index in [4.69, 9.17) is 11.1 Å². The third-order valence-electron chi connectivity index (χ3n) is 2.87. The summed E-state index contributed by atoms with van der Waals surface area (Å²) in [6.45, 7) is 1.16. The highest BCUT2D eigenvalue weighted by Gasteiger charge is 2.21. The highest BCUT2D eigenvalue weighted by Crippen LogP contribution is 2.29. The minimum absolute atomic E-state index is 0.174. The number of nitrogens with two attached hydrogens (primary N) is 1. The number of hydrogen-bond donors (Lipinski definition) is 2. The van der Waals surface area contributed by atoms with Crippen molar-refractivity contribution in [3.05, 3.63) is 28.0 Å². The molecule has 3 N–H and O–H groups in total. The lowest BCUT2D eigenvalue weighted by atomic mass is 10.1. The van der Waals surface area contributed by atoms with Crippen LogP contribution in [0.3, 0.4) is 0 Å². The molecule has 0 aliphatic carbocycles. The van der Waals surface area contributed by atoms with E-state index >= 15 is 0 Å². The van der Waals surface area contributed by atoms with E-state index in [1.807, 2.05) is 4.90 Å². The number of anilines is 1. The summed E-state index contributed by atoms with van der Waals surface area (Å²) < 4.78 is 25.7. The lowest BCUT2D eigenvalue weighted by molar-refractivity contribution is 0.610. The molecule has 1 aliphatic heterocycles. The Morgan fingerprint density at radius 3 is 2.61 bits per heavy atom. The van der Waals surface area contributed by atoms with Gasteiger partial charge in [-0.25, -0.2) is 4.39 Å². The maximum atomic E-state index is 14.2. The molecule has 0 aromatic heterocycles. The van der Waals surface area contributed by atoms with Crippen molar-refractivity contribution < 1.29 is 8.60 Å². The van der Waals surface area contributed by atoms with Gasteiger partial charge >= 0.3 is 0 Å². The fourth-order valence-corrected chi connectivity index (χ4v) is 3.47. The Balaban J connectivity index is 2.32. The molecular weight excluding hydrogens is 321 g/mol. The van der Waals surface area contributed by atoms with Crippen LogP contribution in [0.1, 0.15) is 5.56 Å². The van der Waals surface area contributed by atoms with Crippen LogP contribution in [-0.4, -0.2) is 34.6 Å². The molecule has 1 saturated heterocycles. The normalized spacial score (nSPS) is 16.9. The van der Waals surface area contributed by atoms with Gasteiger partial charge in [0.25, 0.3) is 0 Å². The third-order valence-corrected chi connectivity index (χ3v) is 4.92. The molecule has 1 aromatic carbocycles. The number of nitrogen functional groups attached to an aromatic ring is 1. The zero-order valence-electron chi connectivity index (χ0n) is 9.58. The maximum Gasteiger partial charge on any atom is 0.161 e. The molecule has 0 radical (unpaired) electrons. The van der Waals surface area contributed by atoms with Crippen molar-refractivity contribution in [2.75, 3.05) is 29.5 Å². The summed E-state index contributed by atoms with van der Waals surface area (Å²) in [4.78, 5) is 1.87. The van der Waals surface area contributed by atoms with E-state index in [2.05, 4.69) is 15.9 Å². The van der Waals surface area contributed by atoms with Gasteiger partial charge in [0, 0.05) is 41.0 Å². The Morgan fingerprint density at radius 1 is 1.44 bits per heavy atom. The van der Waals surface area contributed by atoms with E-state index < -0.39 is 16.6 Å². The Labute approximate surface area is 115 Å². The van der Waals surface area contributed by atoms with Crippen LogP contribution in [-0.2, 0) is 10.8 Å². The van der Waals surface area contributed by atoms with Gasteiger partial charge in [-0.05, 0) is 28.1 Å². The smallest absolute Gasteiger partial charge is 0.161 e. The molecule has 7 heteroatoms. The van der Waals surface area contributed by atoms with Crippen LogP contribution in [0.25, 0.3) is 0 Å². The van der Waals surface area contributed by atoms with Gasteiger partial charge in [0.2, 0.25) is 0 Å². The predicted molar refractivity (Wildman–Crippen MR) is 75.2 cm³/mol. The predicted octanol–water partition coefficient (Wildman–Crippen LogP) is 1.44. The lowest BCUT2D eigenvalue weighted by Gasteiger charge is -2.29. The first-order valence-electron chi connectivity index (χ1n) is 5.43. The highest BCUT2D eigenvalue weighted by atomic mass is 79.9. The zero-order chi connectivity index (χ0) is 13.3. The first kappa shape index (κ1) is 13.5. The van der Waals surface area contributed by atoms with Crippen molar-refractivity contribution in [1.82, 2.24) is 0 Å². The van der Waals surface area contributed by atoms with Crippen molar-refractivity contribution in [1.29, 1.82) is 5.41 Å². The highest BCUT2D eigenvalue weighted by molar-refractivity contribution is 9.10. The van der Waals surface area contributed by atoms with Crippen molar-refractivity contribution >= 4 is 38.3 Å². The zero-order valence-corrected chi connectivity index (χ0v) is 12.0. The number of amidine groups is 1. The number of halogens is 2. The molecule has 4 nitrogen and oxygen atoms in total. The van der Waals surface area contributed by atoms with Crippen LogP contribution >= 0.6 is 15.9 Å². The van der Waals surface area contributed by atoms with Gasteiger partial charge in [0.1, 0.15) is 5.84 Å². The summed E-state index contributed by atoms with van der Waals surface area (Å²) in [7, 11) is -0.788. The molecule has 0 atom stereocenters. The van der Waals surface area contributed by atoms with Gasteiger partial charge in [-0.3, -0.25) is 9.62 Å². The Hall–Kier alpha value is -0.950. The Kier molecular flexibility index (Phi) is 4.01. The summed E-state index contributed by atoms with van der Waals surface area (Å²) in [5.74, 6) is 0.527. The molecule has 0 unspecified atom stereocenters. The largest absolute Gasteiger partial charge is 0.384 e. The van der Waals surface area contributed by atoms with Crippen molar-refractivity contribution in [2.24, 2.45) is 5.73 Å². The lowest BCUT2D eigenvalue weighted by Crippen LogP contribution is -2.38. The molecule has 0 bridgehead atoms. The summed E-state index contributed by atoms with van der Waals surface area (Å²) in [6, 6.07) is 3.24. The van der Waals surface area contributed by atoms with Crippen molar-refractivity contribution in [3.63, 3.8) is 0 Å². The second kappa shape index (κ2) is 5.36. The Bertz CT molecular complexity index is 513. The number of benzene rings is 1. The molecule has 0 amide bonds. The monoisotopic (exact) mass is 333 g/mol. The molecule has 2 rings (SSSR count). The standard InChI is InChI=1S/C11H13BrFN3OS/c12-9-7(11(14)15)1-2-8(10(9)13)16-3-5-18(17)6-4-16/h1-2H,3-6H2,(H3,14,15). The minimum Gasteiger partial charge on any atom is -0.384 e. The van der Waals surface area contributed by atoms with Crippen LogP contribution in [0.4, 0.5) is 10.1 Å². The topological polar surface area (TPSA) is 70.2 Å². The molecule has 1 aromatic rings.